The van der Waals surface area contributed by atoms with Gasteiger partial charge in [0.2, 0.25) is 0 Å². The summed E-state index contributed by atoms with van der Waals surface area (Å²) in [6.45, 7) is 6.95. The van der Waals surface area contributed by atoms with Crippen LogP contribution in [0, 0.1) is 10.1 Å². The molecule has 0 fully saturated rings. The van der Waals surface area contributed by atoms with E-state index in [4.69, 9.17) is 0 Å². The first-order valence-electron chi connectivity index (χ1n) is 6.66. The number of hydrogen-bond donors (Lipinski definition) is 1. The van der Waals surface area contributed by atoms with Crippen molar-refractivity contribution in [2.45, 2.75) is 32.9 Å². The fourth-order valence-corrected chi connectivity index (χ4v) is 1.72. The number of nitrogens with zero attached hydrogens (tertiary/aromatic N) is 3. The maximum absolute atomic E-state index is 10.8. The first-order chi connectivity index (χ1) is 9.85. The lowest BCUT2D eigenvalue weighted by Gasteiger charge is -2.20. The smallest absolute Gasteiger partial charge is 0.270 e. The Morgan fingerprint density at radius 1 is 1.24 bits per heavy atom. The Morgan fingerprint density at radius 2 is 1.90 bits per heavy atom. The highest BCUT2D eigenvalue weighted by molar-refractivity contribution is 5.58. The van der Waals surface area contributed by atoms with Crippen molar-refractivity contribution >= 4 is 5.69 Å². The fraction of sp³-hybridized carbons (Fsp3) is 0.333. The van der Waals surface area contributed by atoms with Crippen LogP contribution in [0.25, 0.3) is 11.4 Å². The Bertz CT molecular complexity index is 633. The van der Waals surface area contributed by atoms with E-state index < -0.39 is 4.92 Å². The zero-order valence-electron chi connectivity index (χ0n) is 12.3. The minimum atomic E-state index is -0.425. The predicted octanol–water partition coefficient (Wildman–Crippen LogP) is 2.94. The SMILES string of the molecule is CC(C)(C)NCc1cnc(-c2cccc([N+](=O)[O-])c2)nc1. The van der Waals surface area contributed by atoms with Gasteiger partial charge in [0, 0.05) is 47.7 Å². The highest BCUT2D eigenvalue weighted by Crippen LogP contribution is 2.20. The van der Waals surface area contributed by atoms with Gasteiger partial charge in [-0.25, -0.2) is 9.97 Å². The summed E-state index contributed by atoms with van der Waals surface area (Å²) in [5.41, 5.74) is 1.67. The lowest BCUT2D eigenvalue weighted by Crippen LogP contribution is -2.35. The van der Waals surface area contributed by atoms with Crippen molar-refractivity contribution in [3.05, 3.63) is 52.3 Å². The molecular weight excluding hydrogens is 268 g/mol. The van der Waals surface area contributed by atoms with Gasteiger partial charge in [-0.3, -0.25) is 10.1 Å². The summed E-state index contributed by atoms with van der Waals surface area (Å²) >= 11 is 0. The van der Waals surface area contributed by atoms with Crippen molar-refractivity contribution in [2.24, 2.45) is 0 Å². The summed E-state index contributed by atoms with van der Waals surface area (Å²) in [7, 11) is 0. The molecule has 0 unspecified atom stereocenters. The fourth-order valence-electron chi connectivity index (χ4n) is 1.72. The molecule has 0 amide bonds. The monoisotopic (exact) mass is 286 g/mol. The van der Waals surface area contributed by atoms with Gasteiger partial charge in [-0.15, -0.1) is 0 Å². The van der Waals surface area contributed by atoms with Crippen LogP contribution in [0.15, 0.2) is 36.7 Å². The van der Waals surface area contributed by atoms with Crippen LogP contribution in [0.2, 0.25) is 0 Å². The quantitative estimate of drug-likeness (QED) is 0.690. The molecule has 2 aromatic rings. The average Bonchev–Trinajstić information content (AvgIpc) is 2.45. The number of benzene rings is 1. The molecule has 0 bridgehead atoms. The molecule has 0 aliphatic carbocycles. The Kier molecular flexibility index (Phi) is 4.28. The summed E-state index contributed by atoms with van der Waals surface area (Å²) in [5.74, 6) is 0.484. The van der Waals surface area contributed by atoms with Crippen molar-refractivity contribution in [1.29, 1.82) is 0 Å². The molecule has 0 saturated carbocycles. The van der Waals surface area contributed by atoms with Crippen molar-refractivity contribution in [3.8, 4) is 11.4 Å². The molecule has 0 radical (unpaired) electrons. The Morgan fingerprint density at radius 3 is 2.48 bits per heavy atom. The maximum atomic E-state index is 10.8. The zero-order chi connectivity index (χ0) is 15.5. The number of aromatic nitrogens is 2. The van der Waals surface area contributed by atoms with Crippen molar-refractivity contribution < 1.29 is 4.92 Å². The summed E-state index contributed by atoms with van der Waals surface area (Å²) in [6, 6.07) is 6.31. The molecular formula is C15H18N4O2. The van der Waals surface area contributed by atoms with Gasteiger partial charge in [-0.05, 0) is 20.8 Å². The lowest BCUT2D eigenvalue weighted by atomic mass is 10.1. The van der Waals surface area contributed by atoms with Gasteiger partial charge in [0.1, 0.15) is 0 Å². The van der Waals surface area contributed by atoms with Gasteiger partial charge in [0.25, 0.3) is 5.69 Å². The Balaban J connectivity index is 2.15. The number of nitro benzene ring substituents is 1. The molecule has 0 aliphatic heterocycles. The number of rotatable bonds is 4. The molecule has 1 aromatic heterocycles. The van der Waals surface area contributed by atoms with Gasteiger partial charge in [0.15, 0.2) is 5.82 Å². The summed E-state index contributed by atoms with van der Waals surface area (Å²) < 4.78 is 0. The van der Waals surface area contributed by atoms with Gasteiger partial charge < -0.3 is 5.32 Å². The molecule has 0 atom stereocenters. The van der Waals surface area contributed by atoms with E-state index in [1.807, 2.05) is 0 Å². The standard InChI is InChI=1S/C15H18N4O2/c1-15(2,3)18-10-11-8-16-14(17-9-11)12-5-4-6-13(7-12)19(20)21/h4-9,18H,10H2,1-3H3. The highest BCUT2D eigenvalue weighted by atomic mass is 16.6. The number of nitro groups is 1. The van der Waals surface area contributed by atoms with Gasteiger partial charge >= 0.3 is 0 Å². The number of non-ortho nitro benzene ring substituents is 1. The first kappa shape index (κ1) is 15.1. The van der Waals surface area contributed by atoms with Gasteiger partial charge in [0.05, 0.1) is 4.92 Å². The molecule has 6 nitrogen and oxygen atoms in total. The van der Waals surface area contributed by atoms with Crippen molar-refractivity contribution in [3.63, 3.8) is 0 Å². The summed E-state index contributed by atoms with van der Waals surface area (Å²) in [6.07, 6.45) is 3.47. The van der Waals surface area contributed by atoms with E-state index in [9.17, 15) is 10.1 Å². The van der Waals surface area contributed by atoms with E-state index in [0.29, 0.717) is 17.9 Å². The van der Waals surface area contributed by atoms with E-state index in [0.717, 1.165) is 5.56 Å². The normalized spacial score (nSPS) is 11.4. The van der Waals surface area contributed by atoms with E-state index in [2.05, 4.69) is 36.1 Å². The summed E-state index contributed by atoms with van der Waals surface area (Å²) in [5, 5.41) is 14.1. The highest BCUT2D eigenvalue weighted by Gasteiger charge is 2.10. The molecule has 21 heavy (non-hydrogen) atoms. The second-order valence-corrected chi connectivity index (χ2v) is 5.83. The van der Waals surface area contributed by atoms with E-state index in [-0.39, 0.29) is 11.2 Å². The van der Waals surface area contributed by atoms with Crippen LogP contribution in [0.5, 0.6) is 0 Å². The second-order valence-electron chi connectivity index (χ2n) is 5.83. The molecule has 2 rings (SSSR count). The molecule has 0 saturated heterocycles. The van der Waals surface area contributed by atoms with Crippen molar-refractivity contribution in [2.75, 3.05) is 0 Å². The Labute approximate surface area is 123 Å². The van der Waals surface area contributed by atoms with Crippen LogP contribution in [-0.4, -0.2) is 20.4 Å². The third-order valence-electron chi connectivity index (χ3n) is 2.84. The third kappa shape index (κ3) is 4.32. The van der Waals surface area contributed by atoms with E-state index in [1.165, 1.54) is 12.1 Å². The largest absolute Gasteiger partial charge is 0.308 e. The van der Waals surface area contributed by atoms with Gasteiger partial charge in [-0.1, -0.05) is 12.1 Å². The first-order valence-corrected chi connectivity index (χ1v) is 6.66. The molecule has 0 aliphatic rings. The average molecular weight is 286 g/mol. The molecule has 110 valence electrons. The van der Waals surface area contributed by atoms with E-state index >= 15 is 0 Å². The number of hydrogen-bond acceptors (Lipinski definition) is 5. The zero-order valence-corrected chi connectivity index (χ0v) is 12.3. The molecule has 1 aromatic carbocycles. The minimum absolute atomic E-state index is 0.0265. The van der Waals surface area contributed by atoms with Crippen LogP contribution >= 0.6 is 0 Å². The molecule has 1 heterocycles. The van der Waals surface area contributed by atoms with Gasteiger partial charge in [-0.2, -0.15) is 0 Å². The maximum Gasteiger partial charge on any atom is 0.270 e. The molecule has 0 spiro atoms. The van der Waals surface area contributed by atoms with Crippen LogP contribution in [-0.2, 0) is 6.54 Å². The molecule has 1 N–H and O–H groups in total. The topological polar surface area (TPSA) is 81.0 Å². The molecule has 6 heteroatoms. The number of nitrogens with one attached hydrogen (secondary N) is 1. The third-order valence-corrected chi connectivity index (χ3v) is 2.84. The Hall–Kier alpha value is -2.34. The van der Waals surface area contributed by atoms with Crippen LogP contribution in [0.4, 0.5) is 5.69 Å². The van der Waals surface area contributed by atoms with Crippen molar-refractivity contribution in [1.82, 2.24) is 15.3 Å². The second kappa shape index (κ2) is 5.97. The lowest BCUT2D eigenvalue weighted by molar-refractivity contribution is -0.384. The van der Waals surface area contributed by atoms with Crippen LogP contribution in [0.3, 0.4) is 0 Å². The summed E-state index contributed by atoms with van der Waals surface area (Å²) in [4.78, 5) is 18.9. The van der Waals surface area contributed by atoms with Crippen LogP contribution in [0.1, 0.15) is 26.3 Å². The minimum Gasteiger partial charge on any atom is -0.308 e. The predicted molar refractivity (Wildman–Crippen MR) is 80.7 cm³/mol. The van der Waals surface area contributed by atoms with E-state index in [1.54, 1.807) is 24.5 Å². The van der Waals surface area contributed by atoms with Crippen LogP contribution < -0.4 is 5.32 Å².